The normalized spacial score (nSPS) is 12.4. The van der Waals surface area contributed by atoms with E-state index in [0.29, 0.717) is 0 Å². The summed E-state index contributed by atoms with van der Waals surface area (Å²) in [5, 5.41) is 3.60. The van der Waals surface area contributed by atoms with Crippen LogP contribution in [-0.4, -0.2) is 6.54 Å². The quantitative estimate of drug-likeness (QED) is 0.690. The Morgan fingerprint density at radius 1 is 1.10 bits per heavy atom. The predicted octanol–water partition coefficient (Wildman–Crippen LogP) is 5.14. The van der Waals surface area contributed by atoms with Gasteiger partial charge in [-0.05, 0) is 95.9 Å². The third-order valence-electron chi connectivity index (χ3n) is 3.65. The van der Waals surface area contributed by atoms with Crippen molar-refractivity contribution in [2.45, 2.75) is 33.2 Å². The summed E-state index contributed by atoms with van der Waals surface area (Å²) >= 11 is 2.31. The van der Waals surface area contributed by atoms with Crippen molar-refractivity contribution in [2.75, 3.05) is 6.54 Å². The Labute approximate surface area is 140 Å². The highest BCUT2D eigenvalue weighted by Gasteiger charge is 2.18. The van der Waals surface area contributed by atoms with Crippen molar-refractivity contribution in [3.05, 3.63) is 68.0 Å². The Balaban J connectivity index is 2.47. The van der Waals surface area contributed by atoms with E-state index in [0.717, 1.165) is 24.1 Å². The van der Waals surface area contributed by atoms with Crippen LogP contribution in [0.5, 0.6) is 0 Å². The molecule has 0 spiro atoms. The molecule has 1 N–H and O–H groups in total. The second kappa shape index (κ2) is 7.36. The van der Waals surface area contributed by atoms with Crippen LogP contribution in [-0.2, 0) is 0 Å². The first-order valence-corrected chi connectivity index (χ1v) is 8.36. The molecular weight excluding hydrogens is 376 g/mol. The molecule has 0 amide bonds. The third kappa shape index (κ3) is 4.04. The number of halogens is 2. The van der Waals surface area contributed by atoms with Crippen LogP contribution >= 0.6 is 22.6 Å². The highest BCUT2D eigenvalue weighted by molar-refractivity contribution is 14.1. The zero-order valence-corrected chi connectivity index (χ0v) is 14.9. The molecule has 0 radical (unpaired) electrons. The van der Waals surface area contributed by atoms with Gasteiger partial charge >= 0.3 is 0 Å². The minimum absolute atomic E-state index is 0.113. The molecule has 2 aromatic carbocycles. The number of nitrogens with one attached hydrogen (secondary N) is 1. The van der Waals surface area contributed by atoms with E-state index < -0.39 is 0 Å². The van der Waals surface area contributed by atoms with Gasteiger partial charge in [0.2, 0.25) is 0 Å². The minimum atomic E-state index is -0.161. The van der Waals surface area contributed by atoms with Crippen LogP contribution in [0.2, 0.25) is 0 Å². The van der Waals surface area contributed by atoms with Crippen LogP contribution in [0.25, 0.3) is 0 Å². The Hall–Kier alpha value is -0.940. The monoisotopic (exact) mass is 397 g/mol. The largest absolute Gasteiger partial charge is 0.306 e. The molecule has 1 unspecified atom stereocenters. The maximum atomic E-state index is 13.6. The number of benzene rings is 2. The van der Waals surface area contributed by atoms with Gasteiger partial charge in [0.05, 0.1) is 6.04 Å². The summed E-state index contributed by atoms with van der Waals surface area (Å²) in [7, 11) is 0. The highest BCUT2D eigenvalue weighted by Crippen LogP contribution is 2.29. The standard InChI is InChI=1S/C18H21FIN/c1-4-9-21-18(14-5-7-16(20)8-6-14)17-12(2)10-15(19)11-13(17)3/h5-8,10-11,18,21H,4,9H2,1-3H3. The van der Waals surface area contributed by atoms with E-state index in [1.54, 1.807) is 12.1 Å². The summed E-state index contributed by atoms with van der Waals surface area (Å²) in [6.07, 6.45) is 1.07. The van der Waals surface area contributed by atoms with Crippen molar-refractivity contribution in [1.82, 2.24) is 5.32 Å². The minimum Gasteiger partial charge on any atom is -0.306 e. The molecule has 0 saturated heterocycles. The van der Waals surface area contributed by atoms with E-state index in [-0.39, 0.29) is 11.9 Å². The lowest BCUT2D eigenvalue weighted by atomic mass is 9.91. The van der Waals surface area contributed by atoms with E-state index in [1.807, 2.05) is 13.8 Å². The zero-order valence-electron chi connectivity index (χ0n) is 12.7. The van der Waals surface area contributed by atoms with E-state index in [2.05, 4.69) is 59.1 Å². The van der Waals surface area contributed by atoms with Crippen LogP contribution in [0, 0.1) is 23.2 Å². The maximum Gasteiger partial charge on any atom is 0.123 e. The molecule has 0 aliphatic carbocycles. The molecule has 1 atom stereocenters. The van der Waals surface area contributed by atoms with Gasteiger partial charge in [0.15, 0.2) is 0 Å². The summed E-state index contributed by atoms with van der Waals surface area (Å²) in [6, 6.07) is 11.9. The Kier molecular flexibility index (Phi) is 5.76. The van der Waals surface area contributed by atoms with Crippen LogP contribution in [0.4, 0.5) is 4.39 Å². The van der Waals surface area contributed by atoms with Gasteiger partial charge in [0, 0.05) is 3.57 Å². The van der Waals surface area contributed by atoms with Gasteiger partial charge in [-0.1, -0.05) is 19.1 Å². The topological polar surface area (TPSA) is 12.0 Å². The van der Waals surface area contributed by atoms with E-state index in [1.165, 1.54) is 14.7 Å². The lowest BCUT2D eigenvalue weighted by Gasteiger charge is -2.24. The van der Waals surface area contributed by atoms with Gasteiger partial charge in [0.1, 0.15) is 5.82 Å². The summed E-state index contributed by atoms with van der Waals surface area (Å²) in [5.74, 6) is -0.161. The average molecular weight is 397 g/mol. The van der Waals surface area contributed by atoms with Crippen molar-refractivity contribution in [3.8, 4) is 0 Å². The van der Waals surface area contributed by atoms with Crippen LogP contribution in [0.1, 0.15) is 41.6 Å². The SMILES string of the molecule is CCCNC(c1ccc(I)cc1)c1c(C)cc(F)cc1C. The summed E-state index contributed by atoms with van der Waals surface area (Å²) in [5.41, 5.74) is 4.41. The molecule has 112 valence electrons. The molecule has 3 heteroatoms. The fraction of sp³-hybridized carbons (Fsp3) is 0.333. The first-order chi connectivity index (χ1) is 10.0. The Morgan fingerprint density at radius 2 is 1.67 bits per heavy atom. The van der Waals surface area contributed by atoms with Crippen LogP contribution < -0.4 is 5.32 Å². The predicted molar refractivity (Wildman–Crippen MR) is 95.2 cm³/mol. The zero-order chi connectivity index (χ0) is 15.4. The smallest absolute Gasteiger partial charge is 0.123 e. The summed E-state index contributed by atoms with van der Waals surface area (Å²) in [6.45, 7) is 7.06. The first kappa shape index (κ1) is 16.4. The van der Waals surface area contributed by atoms with Gasteiger partial charge in [-0.15, -0.1) is 0 Å². The number of hydrogen-bond acceptors (Lipinski definition) is 1. The Morgan fingerprint density at radius 3 is 2.19 bits per heavy atom. The lowest BCUT2D eigenvalue weighted by Crippen LogP contribution is -2.25. The second-order valence-electron chi connectivity index (χ2n) is 5.39. The van der Waals surface area contributed by atoms with Crippen molar-refractivity contribution in [3.63, 3.8) is 0 Å². The van der Waals surface area contributed by atoms with Gasteiger partial charge in [0.25, 0.3) is 0 Å². The summed E-state index contributed by atoms with van der Waals surface area (Å²) in [4.78, 5) is 0. The molecule has 0 aromatic heterocycles. The lowest BCUT2D eigenvalue weighted by molar-refractivity contribution is 0.586. The van der Waals surface area contributed by atoms with Crippen molar-refractivity contribution in [2.24, 2.45) is 0 Å². The van der Waals surface area contributed by atoms with Crippen molar-refractivity contribution >= 4 is 22.6 Å². The van der Waals surface area contributed by atoms with E-state index in [4.69, 9.17) is 0 Å². The van der Waals surface area contributed by atoms with Gasteiger partial charge in [-0.2, -0.15) is 0 Å². The first-order valence-electron chi connectivity index (χ1n) is 7.28. The van der Waals surface area contributed by atoms with Crippen LogP contribution in [0.15, 0.2) is 36.4 Å². The summed E-state index contributed by atoms with van der Waals surface area (Å²) < 4.78 is 14.8. The second-order valence-corrected chi connectivity index (χ2v) is 6.64. The van der Waals surface area contributed by atoms with E-state index >= 15 is 0 Å². The third-order valence-corrected chi connectivity index (χ3v) is 4.37. The van der Waals surface area contributed by atoms with Crippen molar-refractivity contribution in [1.29, 1.82) is 0 Å². The maximum absolute atomic E-state index is 13.6. The molecule has 0 heterocycles. The molecule has 2 aromatic rings. The molecular formula is C18H21FIN. The fourth-order valence-corrected chi connectivity index (χ4v) is 3.07. The van der Waals surface area contributed by atoms with Crippen molar-refractivity contribution < 1.29 is 4.39 Å². The number of rotatable bonds is 5. The molecule has 1 nitrogen and oxygen atoms in total. The molecule has 0 aliphatic rings. The van der Waals surface area contributed by atoms with Gasteiger partial charge in [-0.3, -0.25) is 0 Å². The van der Waals surface area contributed by atoms with Crippen LogP contribution in [0.3, 0.4) is 0 Å². The average Bonchev–Trinajstić information content (AvgIpc) is 2.42. The number of hydrogen-bond donors (Lipinski definition) is 1. The highest BCUT2D eigenvalue weighted by atomic mass is 127. The molecule has 2 rings (SSSR count). The van der Waals surface area contributed by atoms with Gasteiger partial charge in [-0.25, -0.2) is 4.39 Å². The number of aryl methyl sites for hydroxylation is 2. The van der Waals surface area contributed by atoms with E-state index in [9.17, 15) is 4.39 Å². The van der Waals surface area contributed by atoms with Gasteiger partial charge < -0.3 is 5.32 Å². The Bertz CT molecular complexity index is 584. The molecule has 0 bridgehead atoms. The molecule has 0 aliphatic heterocycles. The fourth-order valence-electron chi connectivity index (χ4n) is 2.71. The molecule has 0 saturated carbocycles. The molecule has 21 heavy (non-hydrogen) atoms. The molecule has 0 fully saturated rings.